The second-order valence-electron chi connectivity index (χ2n) is 8.42. The quantitative estimate of drug-likeness (QED) is 0.505. The molecule has 1 aliphatic heterocycles. The summed E-state index contributed by atoms with van der Waals surface area (Å²) in [5, 5.41) is 13.3. The molecule has 1 heterocycles. The minimum atomic E-state index is -1.41. The zero-order valence-corrected chi connectivity index (χ0v) is 18.9. The van der Waals surface area contributed by atoms with Crippen LogP contribution in [0.4, 0.5) is 5.69 Å². The van der Waals surface area contributed by atoms with E-state index in [0.29, 0.717) is 30.2 Å². The summed E-state index contributed by atoms with van der Waals surface area (Å²) in [5.74, 6) is 0.179. The Morgan fingerprint density at radius 3 is 2.27 bits per heavy atom. The van der Waals surface area contributed by atoms with Crippen LogP contribution >= 0.6 is 0 Å². The van der Waals surface area contributed by atoms with Crippen molar-refractivity contribution in [3.05, 3.63) is 54.1 Å². The van der Waals surface area contributed by atoms with Crippen molar-refractivity contribution in [2.75, 3.05) is 25.6 Å². The predicted molar refractivity (Wildman–Crippen MR) is 122 cm³/mol. The molecule has 2 aromatic carbocycles. The Morgan fingerprint density at radius 1 is 1.07 bits per heavy atom. The number of nitrogens with one attached hydrogen (secondary N) is 4. The summed E-state index contributed by atoms with van der Waals surface area (Å²) in [7, 11) is 0.176. The average molecular weight is 427 g/mol. The largest absolute Gasteiger partial charge is 0.497 e. The fourth-order valence-electron chi connectivity index (χ4n) is 3.28. The first-order valence-corrected chi connectivity index (χ1v) is 13.6. The molecule has 4 N–H and O–H groups in total. The van der Waals surface area contributed by atoms with E-state index in [9.17, 15) is 9.59 Å². The molecule has 2 amide bonds. The van der Waals surface area contributed by atoms with Gasteiger partial charge in [-0.15, -0.1) is 0 Å². The number of amides is 2. The van der Waals surface area contributed by atoms with Crippen LogP contribution in [0, 0.1) is 0 Å². The van der Waals surface area contributed by atoms with Crippen molar-refractivity contribution in [3.8, 4) is 5.75 Å². The fourth-order valence-corrected chi connectivity index (χ4v) is 4.44. The van der Waals surface area contributed by atoms with Gasteiger partial charge in [0.05, 0.1) is 15.2 Å². The van der Waals surface area contributed by atoms with Crippen LogP contribution in [0.3, 0.4) is 0 Å². The van der Waals surface area contributed by atoms with Crippen LogP contribution < -0.4 is 31.2 Å². The van der Waals surface area contributed by atoms with Crippen LogP contribution in [0.2, 0.25) is 19.6 Å². The van der Waals surface area contributed by atoms with Gasteiger partial charge in [0, 0.05) is 18.9 Å². The smallest absolute Gasteiger partial charge is 0.251 e. The number of anilines is 1. The number of hydrogen-bond acceptors (Lipinski definition) is 5. The van der Waals surface area contributed by atoms with Crippen molar-refractivity contribution in [1.82, 2.24) is 16.0 Å². The molecular weight excluding hydrogens is 396 g/mol. The molecule has 0 saturated carbocycles. The van der Waals surface area contributed by atoms with Crippen molar-refractivity contribution >= 4 is 30.8 Å². The Morgan fingerprint density at radius 2 is 1.73 bits per heavy atom. The molecule has 1 aliphatic rings. The third-order valence-electron chi connectivity index (χ3n) is 5.15. The highest BCUT2D eigenvalue weighted by Crippen LogP contribution is 2.20. The highest BCUT2D eigenvalue weighted by Gasteiger charge is 2.28. The second-order valence-corrected chi connectivity index (χ2v) is 13.5. The van der Waals surface area contributed by atoms with E-state index in [1.165, 1.54) is 5.19 Å². The maximum absolute atomic E-state index is 13.1. The molecule has 0 aromatic heterocycles. The average Bonchev–Trinajstić information content (AvgIpc) is 3.27. The number of methoxy groups -OCH3 is 1. The molecule has 2 unspecified atom stereocenters. The number of benzene rings is 2. The topological polar surface area (TPSA) is 91.5 Å². The molecule has 160 valence electrons. The minimum Gasteiger partial charge on any atom is -0.497 e. The Kier molecular flexibility index (Phi) is 6.91. The molecule has 2 aromatic rings. The summed E-state index contributed by atoms with van der Waals surface area (Å²) in [4.78, 5) is 25.8. The van der Waals surface area contributed by atoms with Crippen molar-refractivity contribution in [3.63, 3.8) is 0 Å². The van der Waals surface area contributed by atoms with Gasteiger partial charge in [0.2, 0.25) is 5.91 Å². The Balaban J connectivity index is 1.78. The number of rotatable bonds is 7. The number of carbonyl (C=O) groups excluding carboxylic acids is 2. The lowest BCUT2D eigenvalue weighted by atomic mass is 10.0. The minimum absolute atomic E-state index is 0.218. The van der Waals surface area contributed by atoms with E-state index in [1.54, 1.807) is 31.4 Å². The molecule has 0 spiro atoms. The van der Waals surface area contributed by atoms with Crippen LogP contribution in [-0.4, -0.2) is 46.3 Å². The van der Waals surface area contributed by atoms with E-state index in [-0.39, 0.29) is 17.9 Å². The Hall–Kier alpha value is -2.68. The molecule has 1 saturated heterocycles. The Bertz CT molecular complexity index is 873. The van der Waals surface area contributed by atoms with E-state index in [2.05, 4.69) is 53.0 Å². The summed E-state index contributed by atoms with van der Waals surface area (Å²) in [6, 6.07) is 13.9. The zero-order chi connectivity index (χ0) is 21.7. The van der Waals surface area contributed by atoms with E-state index >= 15 is 0 Å². The molecule has 3 rings (SSSR count). The van der Waals surface area contributed by atoms with E-state index in [4.69, 9.17) is 4.74 Å². The molecule has 0 aliphatic carbocycles. The third kappa shape index (κ3) is 5.47. The third-order valence-corrected chi connectivity index (χ3v) is 7.22. The van der Waals surface area contributed by atoms with Crippen LogP contribution in [0.15, 0.2) is 48.5 Å². The van der Waals surface area contributed by atoms with Gasteiger partial charge in [-0.3, -0.25) is 14.9 Å². The highest BCUT2D eigenvalue weighted by atomic mass is 28.3. The lowest BCUT2D eigenvalue weighted by molar-refractivity contribution is -0.127. The normalized spacial score (nSPS) is 17.3. The molecule has 0 radical (unpaired) electrons. The summed E-state index contributed by atoms with van der Waals surface area (Å²) < 4.78 is 5.20. The molecule has 1 fully saturated rings. The van der Waals surface area contributed by atoms with Crippen molar-refractivity contribution < 1.29 is 14.3 Å². The maximum atomic E-state index is 13.1. The van der Waals surface area contributed by atoms with Gasteiger partial charge in [0.1, 0.15) is 17.8 Å². The highest BCUT2D eigenvalue weighted by molar-refractivity contribution is 6.88. The molecule has 0 bridgehead atoms. The fraction of sp³-hybridized carbons (Fsp3) is 0.364. The molecule has 2 atom stereocenters. The van der Waals surface area contributed by atoms with Gasteiger partial charge in [0.15, 0.2) is 0 Å². The van der Waals surface area contributed by atoms with Crippen molar-refractivity contribution in [2.45, 2.75) is 31.7 Å². The van der Waals surface area contributed by atoms with Crippen LogP contribution in [0.1, 0.15) is 11.6 Å². The number of ether oxygens (including phenoxy) is 1. The van der Waals surface area contributed by atoms with Gasteiger partial charge in [0.25, 0.3) is 5.91 Å². The first-order valence-electron chi connectivity index (χ1n) is 10.1. The lowest BCUT2D eigenvalue weighted by Gasteiger charge is -2.22. The monoisotopic (exact) mass is 426 g/mol. The summed E-state index contributed by atoms with van der Waals surface area (Å²) in [6.45, 7) is 7.94. The molecule has 30 heavy (non-hydrogen) atoms. The van der Waals surface area contributed by atoms with Crippen LogP contribution in [0.25, 0.3) is 0 Å². The lowest BCUT2D eigenvalue weighted by Crippen LogP contribution is -2.46. The van der Waals surface area contributed by atoms with Crippen LogP contribution in [-0.2, 0) is 9.59 Å². The first kappa shape index (κ1) is 22.0. The van der Waals surface area contributed by atoms with Gasteiger partial charge < -0.3 is 20.7 Å². The summed E-state index contributed by atoms with van der Waals surface area (Å²) >= 11 is 0. The van der Waals surface area contributed by atoms with Gasteiger partial charge in [-0.05, 0) is 29.8 Å². The molecule has 7 nitrogen and oxygen atoms in total. The molecule has 8 heteroatoms. The summed E-state index contributed by atoms with van der Waals surface area (Å²) in [5.41, 5.74) is 1.39. The Labute approximate surface area is 178 Å². The standard InChI is InChI=1S/C22H30N4O3Si/c1-29-17-9-5-15(6-10-17)20(26-21(27)19-13-23-14-24-19)22(28)25-16-7-11-18(12-8-16)30(2,3)4/h5-12,19-20,23-24H,13-14H2,1-4H3,(H,25,28)(H,26,27). The molecular formula is C22H30N4O3Si. The van der Waals surface area contributed by atoms with Crippen LogP contribution in [0.5, 0.6) is 5.75 Å². The van der Waals surface area contributed by atoms with Gasteiger partial charge >= 0.3 is 0 Å². The first-order chi connectivity index (χ1) is 14.3. The maximum Gasteiger partial charge on any atom is 0.251 e. The van der Waals surface area contributed by atoms with Gasteiger partial charge in [-0.25, -0.2) is 0 Å². The number of carbonyl (C=O) groups is 2. The van der Waals surface area contributed by atoms with E-state index in [1.807, 2.05) is 12.1 Å². The summed E-state index contributed by atoms with van der Waals surface area (Å²) in [6.07, 6.45) is 0. The number of hydrogen-bond donors (Lipinski definition) is 4. The van der Waals surface area contributed by atoms with Crippen molar-refractivity contribution in [1.29, 1.82) is 0 Å². The van der Waals surface area contributed by atoms with E-state index < -0.39 is 14.1 Å². The van der Waals surface area contributed by atoms with Crippen molar-refractivity contribution in [2.24, 2.45) is 0 Å². The van der Waals surface area contributed by atoms with Gasteiger partial charge in [-0.2, -0.15) is 0 Å². The van der Waals surface area contributed by atoms with E-state index in [0.717, 1.165) is 0 Å². The van der Waals surface area contributed by atoms with Gasteiger partial charge in [-0.1, -0.05) is 49.1 Å². The predicted octanol–water partition coefficient (Wildman–Crippen LogP) is 1.56. The zero-order valence-electron chi connectivity index (χ0n) is 17.9. The second kappa shape index (κ2) is 9.42. The SMILES string of the molecule is COc1ccc(C(NC(=O)C2CNCN2)C(=O)Nc2ccc([Si](C)(C)C)cc2)cc1.